The van der Waals surface area contributed by atoms with Crippen molar-refractivity contribution in [2.45, 2.75) is 348 Å². The van der Waals surface area contributed by atoms with Gasteiger partial charge < -0.3 is 14.2 Å². The molecule has 0 N–H and O–H groups in total. The minimum atomic E-state index is -0.788. The van der Waals surface area contributed by atoms with Gasteiger partial charge in [0.15, 0.2) is 6.10 Å². The molecule has 0 aliphatic carbocycles. The lowest BCUT2D eigenvalue weighted by Gasteiger charge is -2.18. The molecule has 1 unspecified atom stereocenters. The molecular weight excluding hydrogens is 1020 g/mol. The molecule has 0 aromatic carbocycles. The van der Waals surface area contributed by atoms with Gasteiger partial charge in [0.1, 0.15) is 13.2 Å². The zero-order chi connectivity index (χ0) is 59.9. The summed E-state index contributed by atoms with van der Waals surface area (Å²) in [6.45, 7) is 6.55. The minimum Gasteiger partial charge on any atom is -0.462 e. The third-order valence-electron chi connectivity index (χ3n) is 15.3. The molecule has 0 aromatic heterocycles. The van der Waals surface area contributed by atoms with Crippen LogP contribution in [0.5, 0.6) is 0 Å². The first-order chi connectivity index (χ1) is 41.0. The SMILES string of the molecule is CC/C=C\C/C=C\C/C=C\C/C=C\C/C=C\C/C=C\C/C=C\C/C=C\CCCCCCCCC(=O)OCC(COC(=O)CCCCCCCCCCCCCCCCCCC)OC(=O)CCCCCCCCC/C=C\CCCCCCCC. The number of rotatable bonds is 64. The van der Waals surface area contributed by atoms with Crippen LogP contribution in [0.1, 0.15) is 342 Å². The number of ether oxygens (including phenoxy) is 3. The van der Waals surface area contributed by atoms with Gasteiger partial charge in [0.25, 0.3) is 0 Å². The molecule has 0 heterocycles. The highest BCUT2D eigenvalue weighted by molar-refractivity contribution is 5.71. The van der Waals surface area contributed by atoms with E-state index in [9.17, 15) is 14.4 Å². The van der Waals surface area contributed by atoms with Crippen molar-refractivity contribution < 1.29 is 28.6 Å². The van der Waals surface area contributed by atoms with Gasteiger partial charge >= 0.3 is 17.9 Å². The van der Waals surface area contributed by atoms with Gasteiger partial charge in [-0.05, 0) is 109 Å². The van der Waals surface area contributed by atoms with E-state index in [1.54, 1.807) is 0 Å². The summed E-state index contributed by atoms with van der Waals surface area (Å²) in [5, 5.41) is 0. The van der Waals surface area contributed by atoms with Crippen LogP contribution < -0.4 is 0 Å². The standard InChI is InChI=1S/C77H132O6/c1-4-7-10-13-16-19-22-25-28-31-32-33-34-35-36-37-38-39-40-41-42-43-44-47-49-52-55-58-61-64-67-70-76(79)82-73-74(83-77(80)71-68-65-62-59-56-53-50-46-30-27-24-21-18-15-12-9-6-3)72-81-75(78)69-66-63-60-57-54-51-48-45-29-26-23-20-17-14-11-8-5-2/h7,10,16,19,25,27-28,30,32-33,35-36,38-39,41-42,44,47,74H,4-6,8-9,11-15,17-18,20-24,26,29,31,34,37,40,43,45-46,48-73H2,1-3H3/b10-7-,19-16-,28-25-,30-27-,33-32-,36-35-,39-38-,42-41-,47-44-. The van der Waals surface area contributed by atoms with E-state index < -0.39 is 6.10 Å². The summed E-state index contributed by atoms with van der Waals surface area (Å²) in [4.78, 5) is 38.5. The molecule has 0 radical (unpaired) electrons. The summed E-state index contributed by atoms with van der Waals surface area (Å²) in [5.74, 6) is -0.885. The maximum atomic E-state index is 12.9. The molecule has 6 nitrogen and oxygen atoms in total. The smallest absolute Gasteiger partial charge is 0.306 e. The molecule has 1 atom stereocenters. The van der Waals surface area contributed by atoms with Crippen molar-refractivity contribution in [3.63, 3.8) is 0 Å². The summed E-state index contributed by atoms with van der Waals surface area (Å²) >= 11 is 0. The van der Waals surface area contributed by atoms with Gasteiger partial charge in [-0.3, -0.25) is 14.4 Å². The van der Waals surface area contributed by atoms with Crippen molar-refractivity contribution in [1.29, 1.82) is 0 Å². The zero-order valence-corrected chi connectivity index (χ0v) is 54.7. The van der Waals surface area contributed by atoms with Gasteiger partial charge in [0.2, 0.25) is 0 Å². The first-order valence-corrected chi connectivity index (χ1v) is 35.4. The average Bonchev–Trinajstić information content (AvgIpc) is 3.49. The number of carbonyl (C=O) groups excluding carboxylic acids is 3. The Morgan fingerprint density at radius 2 is 0.470 bits per heavy atom. The van der Waals surface area contributed by atoms with Crippen LogP contribution in [0.4, 0.5) is 0 Å². The number of hydrogen-bond donors (Lipinski definition) is 0. The number of allylic oxidation sites excluding steroid dienone is 18. The topological polar surface area (TPSA) is 78.9 Å². The Morgan fingerprint density at radius 3 is 0.747 bits per heavy atom. The largest absolute Gasteiger partial charge is 0.462 e. The molecule has 0 spiro atoms. The lowest BCUT2D eigenvalue weighted by molar-refractivity contribution is -0.167. The summed E-state index contributed by atoms with van der Waals surface area (Å²) in [7, 11) is 0. The highest BCUT2D eigenvalue weighted by atomic mass is 16.6. The molecule has 0 rings (SSSR count). The minimum absolute atomic E-state index is 0.0813. The fourth-order valence-electron chi connectivity index (χ4n) is 9.99. The Labute approximate surface area is 514 Å². The van der Waals surface area contributed by atoms with Crippen molar-refractivity contribution in [2.24, 2.45) is 0 Å². The fourth-order valence-corrected chi connectivity index (χ4v) is 9.99. The fraction of sp³-hybridized carbons (Fsp3) is 0.727. The van der Waals surface area contributed by atoms with Crippen LogP contribution in [0.2, 0.25) is 0 Å². The molecule has 0 amide bonds. The molecule has 0 saturated carbocycles. The molecule has 476 valence electrons. The average molecular weight is 1150 g/mol. The van der Waals surface area contributed by atoms with Gasteiger partial charge in [-0.2, -0.15) is 0 Å². The Bertz CT molecular complexity index is 1660. The summed E-state index contributed by atoms with van der Waals surface area (Å²) in [6, 6.07) is 0. The number of esters is 3. The van der Waals surface area contributed by atoms with Crippen molar-refractivity contribution >= 4 is 17.9 Å². The second-order valence-corrected chi connectivity index (χ2v) is 23.4. The van der Waals surface area contributed by atoms with E-state index in [1.807, 2.05) is 0 Å². The van der Waals surface area contributed by atoms with E-state index in [1.165, 1.54) is 180 Å². The highest BCUT2D eigenvalue weighted by Gasteiger charge is 2.19. The van der Waals surface area contributed by atoms with Crippen LogP contribution in [0.15, 0.2) is 109 Å². The quantitative estimate of drug-likeness (QED) is 0.0261. The van der Waals surface area contributed by atoms with Gasteiger partial charge in [-0.15, -0.1) is 0 Å². The van der Waals surface area contributed by atoms with E-state index >= 15 is 0 Å². The number of hydrogen-bond acceptors (Lipinski definition) is 6. The third-order valence-corrected chi connectivity index (χ3v) is 15.3. The second-order valence-electron chi connectivity index (χ2n) is 23.4. The maximum absolute atomic E-state index is 12.9. The van der Waals surface area contributed by atoms with Gasteiger partial charge in [-0.1, -0.05) is 323 Å². The summed E-state index contributed by atoms with van der Waals surface area (Å²) < 4.78 is 17.0. The molecular formula is C77H132O6. The molecule has 6 heteroatoms. The number of carbonyl (C=O) groups is 3. The predicted molar refractivity (Wildman–Crippen MR) is 362 cm³/mol. The van der Waals surface area contributed by atoms with Gasteiger partial charge in [-0.25, -0.2) is 0 Å². The first-order valence-electron chi connectivity index (χ1n) is 35.4. The van der Waals surface area contributed by atoms with E-state index in [0.29, 0.717) is 19.3 Å². The van der Waals surface area contributed by atoms with Crippen molar-refractivity contribution in [3.8, 4) is 0 Å². The lowest BCUT2D eigenvalue weighted by atomic mass is 10.0. The van der Waals surface area contributed by atoms with E-state index in [-0.39, 0.29) is 31.1 Å². The Morgan fingerprint density at radius 1 is 0.253 bits per heavy atom. The predicted octanol–water partition coefficient (Wildman–Crippen LogP) is 24.6. The van der Waals surface area contributed by atoms with E-state index in [2.05, 4.69) is 130 Å². The Kier molecular flexibility index (Phi) is 67.2. The van der Waals surface area contributed by atoms with E-state index in [4.69, 9.17) is 14.2 Å². The van der Waals surface area contributed by atoms with Gasteiger partial charge in [0.05, 0.1) is 0 Å². The maximum Gasteiger partial charge on any atom is 0.306 e. The van der Waals surface area contributed by atoms with Crippen LogP contribution in [-0.4, -0.2) is 37.2 Å². The second kappa shape index (κ2) is 70.6. The van der Waals surface area contributed by atoms with Crippen LogP contribution in [0, 0.1) is 0 Å². The lowest BCUT2D eigenvalue weighted by Crippen LogP contribution is -2.30. The van der Waals surface area contributed by atoms with Crippen LogP contribution in [0.25, 0.3) is 0 Å². The molecule has 0 aromatic rings. The first kappa shape index (κ1) is 79.1. The third kappa shape index (κ3) is 68.7. The molecule has 0 aliphatic rings. The molecule has 0 aliphatic heterocycles. The molecule has 83 heavy (non-hydrogen) atoms. The zero-order valence-electron chi connectivity index (χ0n) is 54.7. The summed E-state index contributed by atoms with van der Waals surface area (Å²) in [6.07, 6.45) is 96.7. The number of unbranched alkanes of at least 4 members (excludes halogenated alkanes) is 35. The van der Waals surface area contributed by atoms with Crippen molar-refractivity contribution in [3.05, 3.63) is 109 Å². The summed E-state index contributed by atoms with van der Waals surface area (Å²) in [5.41, 5.74) is 0. The van der Waals surface area contributed by atoms with Crippen molar-refractivity contribution in [2.75, 3.05) is 13.2 Å². The Hall–Kier alpha value is -3.93. The normalized spacial score (nSPS) is 12.8. The molecule has 0 fully saturated rings. The van der Waals surface area contributed by atoms with Crippen LogP contribution in [-0.2, 0) is 28.6 Å². The van der Waals surface area contributed by atoms with E-state index in [0.717, 1.165) is 122 Å². The van der Waals surface area contributed by atoms with Crippen LogP contribution in [0.3, 0.4) is 0 Å². The van der Waals surface area contributed by atoms with Crippen molar-refractivity contribution in [1.82, 2.24) is 0 Å². The Balaban J connectivity index is 4.35. The monoisotopic (exact) mass is 1150 g/mol. The van der Waals surface area contributed by atoms with Crippen LogP contribution >= 0.6 is 0 Å². The molecule has 0 saturated heterocycles. The van der Waals surface area contributed by atoms with Gasteiger partial charge in [0, 0.05) is 19.3 Å². The highest BCUT2D eigenvalue weighted by Crippen LogP contribution is 2.17. The molecule has 0 bridgehead atoms.